The van der Waals surface area contributed by atoms with Gasteiger partial charge in [0.2, 0.25) is 0 Å². The van der Waals surface area contributed by atoms with Gasteiger partial charge in [-0.1, -0.05) is 31.2 Å². The Kier molecular flexibility index (Phi) is 5.25. The van der Waals surface area contributed by atoms with E-state index < -0.39 is 0 Å². The Hall–Kier alpha value is -1.12. The fourth-order valence-corrected chi connectivity index (χ4v) is 7.17. The highest BCUT2D eigenvalue weighted by Gasteiger charge is 2.29. The molecule has 0 aliphatic carbocycles. The van der Waals surface area contributed by atoms with Crippen LogP contribution in [0, 0.1) is 0 Å². The molecule has 2 aromatic carbocycles. The second kappa shape index (κ2) is 7.48. The summed E-state index contributed by atoms with van der Waals surface area (Å²) < 4.78 is 6.95. The van der Waals surface area contributed by atoms with Gasteiger partial charge in [-0.15, -0.1) is 22.7 Å². The van der Waals surface area contributed by atoms with Crippen LogP contribution in [0.25, 0.3) is 20.4 Å². The number of rotatable bonds is 6. The summed E-state index contributed by atoms with van der Waals surface area (Å²) in [6.45, 7) is 6.77. The van der Waals surface area contributed by atoms with E-state index in [4.69, 9.17) is 9.97 Å². The highest BCUT2D eigenvalue weighted by atomic mass is 32.2. The van der Waals surface area contributed by atoms with Crippen LogP contribution in [-0.2, 0) is 0 Å². The van der Waals surface area contributed by atoms with Crippen LogP contribution in [-0.4, -0.2) is 19.2 Å². The molecule has 0 unspecified atom stereocenters. The van der Waals surface area contributed by atoms with Crippen molar-refractivity contribution in [1.29, 1.82) is 0 Å². The van der Waals surface area contributed by atoms with Crippen molar-refractivity contribution in [2.45, 2.75) is 41.4 Å². The van der Waals surface area contributed by atoms with Crippen molar-refractivity contribution in [3.8, 4) is 0 Å². The molecule has 0 fully saturated rings. The second-order valence-corrected chi connectivity index (χ2v) is 11.2. The number of thiazole rings is 2. The quantitative estimate of drug-likeness (QED) is 0.312. The molecular weight excluding hydrogens is 398 g/mol. The standard InChI is InChI=1S/C19H19N3S4/c1-4-19(2,3)22(25-17-20-13-9-5-7-11-15(13)23-17)26-18-21-14-10-6-8-12-16(14)24-18/h5-12H,4H2,1-3H3. The second-order valence-electron chi connectivity index (χ2n) is 6.50. The Morgan fingerprint density at radius 3 is 1.73 bits per heavy atom. The monoisotopic (exact) mass is 417 g/mol. The molecule has 0 aliphatic rings. The van der Waals surface area contributed by atoms with Crippen LogP contribution in [0.5, 0.6) is 0 Å². The molecular formula is C19H19N3S4. The first-order valence-corrected chi connectivity index (χ1v) is 11.6. The van der Waals surface area contributed by atoms with Crippen LogP contribution < -0.4 is 0 Å². The van der Waals surface area contributed by atoms with E-state index in [1.54, 1.807) is 46.6 Å². The average molecular weight is 418 g/mol. The summed E-state index contributed by atoms with van der Waals surface area (Å²) in [5.41, 5.74) is 2.16. The number of hydrogen-bond donors (Lipinski definition) is 0. The van der Waals surface area contributed by atoms with Crippen molar-refractivity contribution in [1.82, 2.24) is 13.7 Å². The van der Waals surface area contributed by atoms with E-state index >= 15 is 0 Å². The maximum absolute atomic E-state index is 4.79. The van der Waals surface area contributed by atoms with Gasteiger partial charge in [0.05, 0.1) is 20.4 Å². The number of fused-ring (bicyclic) bond motifs is 2. The maximum atomic E-state index is 4.79. The lowest BCUT2D eigenvalue weighted by Gasteiger charge is -2.33. The lowest BCUT2D eigenvalue weighted by molar-refractivity contribution is 0.359. The van der Waals surface area contributed by atoms with E-state index in [0.717, 1.165) is 26.1 Å². The SMILES string of the molecule is CCC(C)(C)N(Sc1nc2ccccc2s1)Sc1nc2ccccc2s1. The van der Waals surface area contributed by atoms with Gasteiger partial charge < -0.3 is 0 Å². The molecule has 26 heavy (non-hydrogen) atoms. The molecule has 0 spiro atoms. The van der Waals surface area contributed by atoms with Gasteiger partial charge in [-0.3, -0.25) is 0 Å². The van der Waals surface area contributed by atoms with Gasteiger partial charge in [-0.2, -0.15) is 3.71 Å². The summed E-state index contributed by atoms with van der Waals surface area (Å²) in [5.74, 6) is 0. The largest absolute Gasteiger partial charge is 0.228 e. The van der Waals surface area contributed by atoms with Gasteiger partial charge in [0.1, 0.15) is 0 Å². The van der Waals surface area contributed by atoms with Gasteiger partial charge in [0.25, 0.3) is 0 Å². The first-order chi connectivity index (χ1) is 12.5. The first-order valence-electron chi connectivity index (χ1n) is 8.42. The van der Waals surface area contributed by atoms with Crippen LogP contribution in [0.4, 0.5) is 0 Å². The summed E-state index contributed by atoms with van der Waals surface area (Å²) in [5, 5.41) is 0. The van der Waals surface area contributed by atoms with Crippen molar-refractivity contribution in [3.63, 3.8) is 0 Å². The minimum atomic E-state index is 0.0189. The number of aromatic nitrogens is 2. The van der Waals surface area contributed by atoms with E-state index in [0.29, 0.717) is 0 Å². The molecule has 0 amide bonds. The Balaban J connectivity index is 1.63. The number of benzene rings is 2. The van der Waals surface area contributed by atoms with Crippen molar-refractivity contribution in [2.24, 2.45) is 0 Å². The zero-order chi connectivity index (χ0) is 18.1. The van der Waals surface area contributed by atoms with Crippen LogP contribution in [0.1, 0.15) is 27.2 Å². The van der Waals surface area contributed by atoms with Crippen LogP contribution in [0.15, 0.2) is 57.2 Å². The number of nitrogens with zero attached hydrogens (tertiary/aromatic N) is 3. The predicted molar refractivity (Wildman–Crippen MR) is 117 cm³/mol. The number of para-hydroxylation sites is 2. The topological polar surface area (TPSA) is 29.0 Å². The van der Waals surface area contributed by atoms with Crippen LogP contribution in [0.2, 0.25) is 0 Å². The molecule has 4 aromatic rings. The summed E-state index contributed by atoms with van der Waals surface area (Å²) in [6, 6.07) is 16.6. The Labute approximate surface area is 170 Å². The van der Waals surface area contributed by atoms with Crippen molar-refractivity contribution in [3.05, 3.63) is 48.5 Å². The van der Waals surface area contributed by atoms with Gasteiger partial charge in [0.15, 0.2) is 8.68 Å². The lowest BCUT2D eigenvalue weighted by Crippen LogP contribution is -2.33. The molecule has 3 nitrogen and oxygen atoms in total. The van der Waals surface area contributed by atoms with E-state index in [2.05, 4.69) is 60.9 Å². The zero-order valence-electron chi connectivity index (χ0n) is 14.8. The lowest BCUT2D eigenvalue weighted by atomic mass is 10.0. The molecule has 2 aromatic heterocycles. The fraction of sp³-hybridized carbons (Fsp3) is 0.263. The molecule has 2 heterocycles. The van der Waals surface area contributed by atoms with Crippen LogP contribution >= 0.6 is 46.6 Å². The van der Waals surface area contributed by atoms with Crippen LogP contribution in [0.3, 0.4) is 0 Å². The molecule has 0 bridgehead atoms. The summed E-state index contributed by atoms with van der Waals surface area (Å²) in [4.78, 5) is 9.59. The first kappa shape index (κ1) is 18.3. The smallest absolute Gasteiger partial charge is 0.167 e. The minimum Gasteiger partial charge on any atom is -0.228 e. The zero-order valence-corrected chi connectivity index (χ0v) is 18.1. The maximum Gasteiger partial charge on any atom is 0.167 e. The van der Waals surface area contributed by atoms with Gasteiger partial charge >= 0.3 is 0 Å². The molecule has 0 saturated carbocycles. The van der Waals surface area contributed by atoms with Gasteiger partial charge in [-0.25, -0.2) is 9.97 Å². The van der Waals surface area contributed by atoms with E-state index in [1.165, 1.54) is 9.40 Å². The predicted octanol–water partition coefficient (Wildman–Crippen LogP) is 7.11. The van der Waals surface area contributed by atoms with E-state index in [9.17, 15) is 0 Å². The van der Waals surface area contributed by atoms with Crippen molar-refractivity contribution >= 4 is 67.0 Å². The molecule has 134 valence electrons. The third-order valence-corrected chi connectivity index (χ3v) is 9.10. The summed E-state index contributed by atoms with van der Waals surface area (Å²) >= 11 is 6.94. The highest BCUT2D eigenvalue weighted by Crippen LogP contribution is 2.45. The Morgan fingerprint density at radius 2 is 1.31 bits per heavy atom. The highest BCUT2D eigenvalue weighted by molar-refractivity contribution is 8.13. The normalized spacial score (nSPS) is 12.5. The summed E-state index contributed by atoms with van der Waals surface area (Å²) in [7, 11) is 0. The van der Waals surface area contributed by atoms with E-state index in [1.807, 2.05) is 12.1 Å². The van der Waals surface area contributed by atoms with Gasteiger partial charge in [-0.05, 0) is 44.5 Å². The van der Waals surface area contributed by atoms with Crippen molar-refractivity contribution in [2.75, 3.05) is 0 Å². The average Bonchev–Trinajstić information content (AvgIpc) is 3.23. The molecule has 0 radical (unpaired) electrons. The van der Waals surface area contributed by atoms with Crippen molar-refractivity contribution < 1.29 is 0 Å². The molecule has 7 heteroatoms. The number of hydrogen-bond acceptors (Lipinski definition) is 7. The minimum absolute atomic E-state index is 0.0189. The Morgan fingerprint density at radius 1 is 0.846 bits per heavy atom. The third-order valence-electron chi connectivity index (χ3n) is 4.23. The molecule has 4 rings (SSSR count). The summed E-state index contributed by atoms with van der Waals surface area (Å²) in [6.07, 6.45) is 1.04. The molecule has 0 saturated heterocycles. The molecule has 0 N–H and O–H groups in total. The molecule has 0 aliphatic heterocycles. The molecule has 0 atom stereocenters. The van der Waals surface area contributed by atoms with E-state index in [-0.39, 0.29) is 5.54 Å². The Bertz CT molecular complexity index is 895. The van der Waals surface area contributed by atoms with Gasteiger partial charge in [0, 0.05) is 29.4 Å². The fourth-order valence-electron chi connectivity index (χ4n) is 2.32. The third kappa shape index (κ3) is 3.77.